The summed E-state index contributed by atoms with van der Waals surface area (Å²) < 4.78 is 16.3. The van der Waals surface area contributed by atoms with E-state index in [0.29, 0.717) is 29.2 Å². The van der Waals surface area contributed by atoms with Crippen molar-refractivity contribution in [1.29, 1.82) is 0 Å². The molecule has 146 valence electrons. The Morgan fingerprint density at radius 3 is 2.56 bits per heavy atom. The molecule has 5 nitrogen and oxygen atoms in total. The zero-order valence-corrected chi connectivity index (χ0v) is 18.3. The van der Waals surface area contributed by atoms with Gasteiger partial charge in [-0.3, -0.25) is 0 Å². The smallest absolute Gasteiger partial charge is 0.344 e. The number of carbonyl (C=O) groups excluding carboxylic acids is 1. The molecule has 0 spiro atoms. The number of fused-ring (bicyclic) bond motifs is 1. The molecule has 1 N–H and O–H groups in total. The molecule has 1 heterocycles. The molecule has 0 fully saturated rings. The lowest BCUT2D eigenvalue weighted by atomic mass is 10.1. The van der Waals surface area contributed by atoms with Gasteiger partial charge in [0.2, 0.25) is 5.88 Å². The van der Waals surface area contributed by atoms with Crippen LogP contribution in [0.4, 0.5) is 0 Å². The van der Waals surface area contributed by atoms with E-state index in [-0.39, 0.29) is 11.6 Å². The average molecular weight is 388 g/mol. The number of hydrogen-bond acceptors (Lipinski definition) is 4. The normalized spacial score (nSPS) is 11.7. The van der Waals surface area contributed by atoms with Crippen molar-refractivity contribution in [2.45, 2.75) is 45.8 Å². The van der Waals surface area contributed by atoms with Crippen LogP contribution in [0.5, 0.6) is 11.6 Å². The molecule has 0 atom stereocenters. The van der Waals surface area contributed by atoms with Crippen LogP contribution in [0.25, 0.3) is 10.9 Å². The van der Waals surface area contributed by atoms with Gasteiger partial charge in [0.15, 0.2) is 0 Å². The molecule has 6 heteroatoms. The molecule has 0 radical (unpaired) electrons. The number of carbonyl (C=O) groups is 1. The fourth-order valence-electron chi connectivity index (χ4n) is 2.34. The maximum absolute atomic E-state index is 12.5. The number of ether oxygens (including phenoxy) is 3. The Morgan fingerprint density at radius 2 is 1.96 bits per heavy atom. The molecule has 1 aromatic heterocycles. The van der Waals surface area contributed by atoms with Crippen molar-refractivity contribution in [1.82, 2.24) is 4.98 Å². The fraction of sp³-hybridized carbons (Fsp3) is 0.476. The minimum Gasteiger partial charge on any atom is -0.497 e. The molecule has 2 rings (SSSR count). The second-order valence-electron chi connectivity index (χ2n) is 7.93. The third kappa shape index (κ3) is 4.66. The van der Waals surface area contributed by atoms with E-state index in [0.717, 1.165) is 5.52 Å². The lowest BCUT2D eigenvalue weighted by molar-refractivity contribution is 0.0524. The highest BCUT2D eigenvalue weighted by Crippen LogP contribution is 2.35. The standard InChI is InChI=1S/C21H29NO4Si/c1-8-25-20(23)18-16-14-15(24-5)10-11-17(16)22-19(18)26-12-9-13-27(6,7)21(2,3)4/h10-11,14,22H,8,12H2,1-7H3. The van der Waals surface area contributed by atoms with Crippen molar-refractivity contribution >= 4 is 24.9 Å². The van der Waals surface area contributed by atoms with E-state index in [4.69, 9.17) is 14.2 Å². The van der Waals surface area contributed by atoms with Crippen LogP contribution in [0.3, 0.4) is 0 Å². The van der Waals surface area contributed by atoms with Crippen LogP contribution in [-0.4, -0.2) is 39.4 Å². The number of hydrogen-bond donors (Lipinski definition) is 1. The van der Waals surface area contributed by atoms with Gasteiger partial charge in [0, 0.05) is 10.9 Å². The number of H-pyrrole nitrogens is 1. The molecule has 0 amide bonds. The van der Waals surface area contributed by atoms with E-state index in [2.05, 4.69) is 50.3 Å². The van der Waals surface area contributed by atoms with Crippen LogP contribution in [0, 0.1) is 11.5 Å². The summed E-state index contributed by atoms with van der Waals surface area (Å²) in [6.07, 6.45) is 0. The summed E-state index contributed by atoms with van der Waals surface area (Å²) in [5.74, 6) is 3.75. The Bertz CT molecular complexity index is 881. The van der Waals surface area contributed by atoms with E-state index in [9.17, 15) is 4.79 Å². The first kappa shape index (κ1) is 20.9. The van der Waals surface area contributed by atoms with Crippen molar-refractivity contribution in [2.75, 3.05) is 20.3 Å². The Kier molecular flexibility index (Phi) is 6.27. The Hall–Kier alpha value is -2.39. The Balaban J connectivity index is 2.33. The number of aromatic amines is 1. The van der Waals surface area contributed by atoms with Gasteiger partial charge in [-0.05, 0) is 30.2 Å². The molecule has 0 bridgehead atoms. The lowest BCUT2D eigenvalue weighted by Crippen LogP contribution is -2.35. The summed E-state index contributed by atoms with van der Waals surface area (Å²) in [6.45, 7) is 13.4. The van der Waals surface area contributed by atoms with E-state index < -0.39 is 14.0 Å². The molecule has 0 aliphatic heterocycles. The maximum Gasteiger partial charge on any atom is 0.344 e. The number of esters is 1. The molecule has 2 aromatic rings. The molecule has 0 aliphatic carbocycles. The first-order valence-corrected chi connectivity index (χ1v) is 12.1. The summed E-state index contributed by atoms with van der Waals surface area (Å²) in [7, 11) is -0.106. The van der Waals surface area contributed by atoms with Crippen LogP contribution >= 0.6 is 0 Å². The second kappa shape index (κ2) is 8.09. The van der Waals surface area contributed by atoms with Crippen LogP contribution < -0.4 is 9.47 Å². The zero-order valence-electron chi connectivity index (χ0n) is 17.3. The van der Waals surface area contributed by atoms with Gasteiger partial charge in [-0.15, -0.1) is 5.54 Å². The number of aromatic nitrogens is 1. The molecule has 0 unspecified atom stereocenters. The number of nitrogens with one attached hydrogen (secondary N) is 1. The molecule has 0 aliphatic rings. The van der Waals surface area contributed by atoms with E-state index in [1.165, 1.54) is 0 Å². The number of rotatable bonds is 5. The van der Waals surface area contributed by atoms with Crippen molar-refractivity contribution in [3.63, 3.8) is 0 Å². The molecular weight excluding hydrogens is 358 g/mol. The quantitative estimate of drug-likeness (QED) is 0.455. The largest absolute Gasteiger partial charge is 0.497 e. The van der Waals surface area contributed by atoms with Crippen LogP contribution in [0.2, 0.25) is 18.1 Å². The molecule has 27 heavy (non-hydrogen) atoms. The molecule has 0 saturated carbocycles. The highest BCUT2D eigenvalue weighted by Gasteiger charge is 2.33. The summed E-state index contributed by atoms with van der Waals surface area (Å²) in [5, 5.41) is 0.897. The monoisotopic (exact) mass is 387 g/mol. The Morgan fingerprint density at radius 1 is 1.26 bits per heavy atom. The van der Waals surface area contributed by atoms with E-state index in [1.807, 2.05) is 12.1 Å². The van der Waals surface area contributed by atoms with Gasteiger partial charge >= 0.3 is 5.97 Å². The van der Waals surface area contributed by atoms with Crippen LogP contribution in [0.15, 0.2) is 18.2 Å². The summed E-state index contributed by atoms with van der Waals surface area (Å²) >= 11 is 0. The van der Waals surface area contributed by atoms with Gasteiger partial charge < -0.3 is 19.2 Å². The third-order valence-corrected chi connectivity index (χ3v) is 9.57. The van der Waals surface area contributed by atoms with Gasteiger partial charge in [-0.25, -0.2) is 4.79 Å². The zero-order chi connectivity index (χ0) is 20.2. The topological polar surface area (TPSA) is 60.5 Å². The van der Waals surface area contributed by atoms with Gasteiger partial charge in [-0.1, -0.05) is 39.8 Å². The summed E-state index contributed by atoms with van der Waals surface area (Å²) in [5.41, 5.74) is 4.57. The van der Waals surface area contributed by atoms with Gasteiger partial charge in [0.1, 0.15) is 26.0 Å². The lowest BCUT2D eigenvalue weighted by Gasteiger charge is -2.31. The van der Waals surface area contributed by atoms with Gasteiger partial charge in [0.25, 0.3) is 0 Å². The minimum absolute atomic E-state index is 0.188. The third-order valence-electron chi connectivity index (χ3n) is 5.02. The van der Waals surface area contributed by atoms with Crippen molar-refractivity contribution in [3.8, 4) is 23.1 Å². The van der Waals surface area contributed by atoms with Gasteiger partial charge in [0.05, 0.1) is 13.7 Å². The minimum atomic E-state index is -1.69. The summed E-state index contributed by atoms with van der Waals surface area (Å²) in [4.78, 5) is 15.6. The first-order valence-electron chi connectivity index (χ1n) is 9.10. The van der Waals surface area contributed by atoms with E-state index in [1.54, 1.807) is 20.1 Å². The van der Waals surface area contributed by atoms with E-state index >= 15 is 0 Å². The SMILES string of the molecule is CCOC(=O)c1c(OCC#C[Si](C)(C)C(C)(C)C)[nH]c2ccc(OC)cc12. The Labute approximate surface area is 162 Å². The first-order chi connectivity index (χ1) is 12.6. The summed E-state index contributed by atoms with van der Waals surface area (Å²) in [6, 6.07) is 5.48. The molecule has 0 saturated heterocycles. The number of benzene rings is 1. The average Bonchev–Trinajstić information content (AvgIpc) is 2.95. The van der Waals surface area contributed by atoms with Gasteiger partial charge in [-0.2, -0.15) is 0 Å². The fourth-order valence-corrected chi connectivity index (χ4v) is 3.23. The predicted molar refractivity (Wildman–Crippen MR) is 111 cm³/mol. The maximum atomic E-state index is 12.5. The van der Waals surface area contributed by atoms with Crippen molar-refractivity contribution in [3.05, 3.63) is 23.8 Å². The van der Waals surface area contributed by atoms with Crippen molar-refractivity contribution < 1.29 is 19.0 Å². The molecule has 1 aromatic carbocycles. The highest BCUT2D eigenvalue weighted by atomic mass is 28.3. The predicted octanol–water partition coefficient (Wildman–Crippen LogP) is 4.78. The number of methoxy groups -OCH3 is 1. The van der Waals surface area contributed by atoms with Crippen LogP contribution in [0.1, 0.15) is 38.1 Å². The highest BCUT2D eigenvalue weighted by molar-refractivity contribution is 6.87. The second-order valence-corrected chi connectivity index (χ2v) is 12.9. The van der Waals surface area contributed by atoms with Crippen molar-refractivity contribution in [2.24, 2.45) is 0 Å². The molecular formula is C21H29NO4Si. The van der Waals surface area contributed by atoms with Crippen LogP contribution in [-0.2, 0) is 4.74 Å².